The minimum absolute atomic E-state index is 0.00840. The molecule has 1 aromatic carbocycles. The molecule has 1 atom stereocenters. The number of amides is 1. The SMILES string of the molecule is CCC(C)(C)NC(=O)CNC1(CO)CCc2ccccc21. The molecule has 4 heteroatoms. The number of rotatable bonds is 6. The van der Waals surface area contributed by atoms with E-state index in [1.807, 2.05) is 32.0 Å². The van der Waals surface area contributed by atoms with E-state index in [9.17, 15) is 9.90 Å². The largest absolute Gasteiger partial charge is 0.394 e. The zero-order valence-corrected chi connectivity index (χ0v) is 13.2. The van der Waals surface area contributed by atoms with Gasteiger partial charge in [0.2, 0.25) is 5.91 Å². The second-order valence-corrected chi connectivity index (χ2v) is 6.54. The average Bonchev–Trinajstić information content (AvgIpc) is 2.84. The molecule has 1 aliphatic carbocycles. The Hall–Kier alpha value is -1.39. The maximum Gasteiger partial charge on any atom is 0.234 e. The van der Waals surface area contributed by atoms with Crippen molar-refractivity contribution < 1.29 is 9.90 Å². The van der Waals surface area contributed by atoms with Gasteiger partial charge in [-0.05, 0) is 44.2 Å². The van der Waals surface area contributed by atoms with Gasteiger partial charge in [-0.2, -0.15) is 0 Å². The van der Waals surface area contributed by atoms with E-state index in [-0.39, 0.29) is 24.6 Å². The zero-order chi connectivity index (χ0) is 15.5. The highest BCUT2D eigenvalue weighted by Crippen LogP contribution is 2.36. The van der Waals surface area contributed by atoms with Crippen LogP contribution in [0.25, 0.3) is 0 Å². The van der Waals surface area contributed by atoms with Crippen molar-refractivity contribution >= 4 is 5.91 Å². The van der Waals surface area contributed by atoms with Crippen molar-refractivity contribution in [3.05, 3.63) is 35.4 Å². The Kier molecular flexibility index (Phi) is 4.69. The van der Waals surface area contributed by atoms with Gasteiger partial charge in [-0.15, -0.1) is 0 Å². The molecule has 2 rings (SSSR count). The molecule has 116 valence electrons. The van der Waals surface area contributed by atoms with E-state index in [1.54, 1.807) is 0 Å². The van der Waals surface area contributed by atoms with Crippen LogP contribution in [0.4, 0.5) is 0 Å². The van der Waals surface area contributed by atoms with Crippen LogP contribution < -0.4 is 10.6 Å². The van der Waals surface area contributed by atoms with Gasteiger partial charge in [-0.1, -0.05) is 31.2 Å². The minimum atomic E-state index is -0.482. The van der Waals surface area contributed by atoms with Crippen molar-refractivity contribution in [2.45, 2.75) is 51.1 Å². The second kappa shape index (κ2) is 6.16. The number of carbonyl (C=O) groups is 1. The molecule has 0 heterocycles. The highest BCUT2D eigenvalue weighted by Gasteiger charge is 2.38. The summed E-state index contributed by atoms with van der Waals surface area (Å²) >= 11 is 0. The van der Waals surface area contributed by atoms with Crippen molar-refractivity contribution in [2.75, 3.05) is 13.2 Å². The summed E-state index contributed by atoms with van der Waals surface area (Å²) in [5.74, 6) is -0.0287. The van der Waals surface area contributed by atoms with Crippen LogP contribution in [0.3, 0.4) is 0 Å². The molecular weight excluding hydrogens is 264 g/mol. The van der Waals surface area contributed by atoms with Crippen molar-refractivity contribution in [3.8, 4) is 0 Å². The highest BCUT2D eigenvalue weighted by molar-refractivity contribution is 5.79. The third-order valence-electron chi connectivity index (χ3n) is 4.57. The van der Waals surface area contributed by atoms with Gasteiger partial charge >= 0.3 is 0 Å². The Morgan fingerprint density at radius 2 is 2.10 bits per heavy atom. The van der Waals surface area contributed by atoms with Gasteiger partial charge in [0.25, 0.3) is 0 Å². The molecule has 0 fully saturated rings. The van der Waals surface area contributed by atoms with Gasteiger partial charge in [0, 0.05) is 5.54 Å². The first-order chi connectivity index (χ1) is 9.92. The first-order valence-corrected chi connectivity index (χ1v) is 7.68. The van der Waals surface area contributed by atoms with Gasteiger partial charge in [-0.25, -0.2) is 0 Å². The third-order valence-corrected chi connectivity index (χ3v) is 4.57. The standard InChI is InChI=1S/C17H26N2O2/c1-4-16(2,3)19-15(21)11-18-17(12-20)10-9-13-7-5-6-8-14(13)17/h5-8,18,20H,4,9-12H2,1-3H3,(H,19,21). The molecule has 0 saturated heterocycles. The molecule has 1 aromatic rings. The summed E-state index contributed by atoms with van der Waals surface area (Å²) < 4.78 is 0. The van der Waals surface area contributed by atoms with Crippen molar-refractivity contribution in [1.82, 2.24) is 10.6 Å². The van der Waals surface area contributed by atoms with Gasteiger partial charge in [0.1, 0.15) is 0 Å². The number of benzene rings is 1. The van der Waals surface area contributed by atoms with Crippen LogP contribution in [-0.4, -0.2) is 29.7 Å². The lowest BCUT2D eigenvalue weighted by atomic mass is 9.92. The van der Waals surface area contributed by atoms with Crippen LogP contribution in [0.5, 0.6) is 0 Å². The first kappa shape index (κ1) is 16.0. The molecule has 1 aliphatic rings. The average molecular weight is 290 g/mol. The normalized spacial score (nSPS) is 21.1. The molecule has 1 amide bonds. The number of fused-ring (bicyclic) bond motifs is 1. The summed E-state index contributed by atoms with van der Waals surface area (Å²) in [7, 11) is 0. The molecular formula is C17H26N2O2. The summed E-state index contributed by atoms with van der Waals surface area (Å²) in [4.78, 5) is 12.1. The Morgan fingerprint density at radius 3 is 2.76 bits per heavy atom. The van der Waals surface area contributed by atoms with E-state index >= 15 is 0 Å². The number of aliphatic hydroxyl groups is 1. The van der Waals surface area contributed by atoms with Gasteiger partial charge in [-0.3, -0.25) is 10.1 Å². The fraction of sp³-hybridized carbons (Fsp3) is 0.588. The Bertz CT molecular complexity index is 513. The van der Waals surface area contributed by atoms with E-state index in [0.717, 1.165) is 24.8 Å². The van der Waals surface area contributed by atoms with Gasteiger partial charge < -0.3 is 10.4 Å². The monoisotopic (exact) mass is 290 g/mol. The molecule has 0 saturated carbocycles. The smallest absolute Gasteiger partial charge is 0.234 e. The van der Waals surface area contributed by atoms with Crippen molar-refractivity contribution in [1.29, 1.82) is 0 Å². The Labute approximate surface area is 126 Å². The van der Waals surface area contributed by atoms with Crippen LogP contribution >= 0.6 is 0 Å². The van der Waals surface area contributed by atoms with Gasteiger partial charge in [0.05, 0.1) is 18.7 Å². The molecule has 1 unspecified atom stereocenters. The summed E-state index contributed by atoms with van der Waals surface area (Å²) in [6.45, 7) is 6.30. The second-order valence-electron chi connectivity index (χ2n) is 6.54. The third kappa shape index (κ3) is 3.44. The number of hydrogen-bond donors (Lipinski definition) is 3. The minimum Gasteiger partial charge on any atom is -0.394 e. The number of hydrogen-bond acceptors (Lipinski definition) is 3. The fourth-order valence-electron chi connectivity index (χ4n) is 2.85. The lowest BCUT2D eigenvalue weighted by Crippen LogP contribution is -2.51. The zero-order valence-electron chi connectivity index (χ0n) is 13.2. The van der Waals surface area contributed by atoms with Crippen LogP contribution in [-0.2, 0) is 16.8 Å². The van der Waals surface area contributed by atoms with Crippen LogP contribution in [0.15, 0.2) is 24.3 Å². The molecule has 4 nitrogen and oxygen atoms in total. The van der Waals surface area contributed by atoms with E-state index in [4.69, 9.17) is 0 Å². The Balaban J connectivity index is 2.03. The number of aliphatic hydroxyl groups excluding tert-OH is 1. The van der Waals surface area contributed by atoms with Crippen LogP contribution in [0.1, 0.15) is 44.7 Å². The Morgan fingerprint density at radius 1 is 1.38 bits per heavy atom. The van der Waals surface area contributed by atoms with E-state index in [1.165, 1.54) is 5.56 Å². The number of aryl methyl sites for hydroxylation is 1. The number of nitrogens with one attached hydrogen (secondary N) is 2. The summed E-state index contributed by atoms with van der Waals surface area (Å²) in [5, 5.41) is 16.2. The summed E-state index contributed by atoms with van der Waals surface area (Å²) in [6, 6.07) is 8.13. The van der Waals surface area contributed by atoms with E-state index in [2.05, 4.69) is 23.6 Å². The number of carbonyl (C=O) groups excluding carboxylic acids is 1. The molecule has 0 radical (unpaired) electrons. The van der Waals surface area contributed by atoms with E-state index in [0.29, 0.717) is 0 Å². The first-order valence-electron chi connectivity index (χ1n) is 7.68. The fourth-order valence-corrected chi connectivity index (χ4v) is 2.85. The molecule has 21 heavy (non-hydrogen) atoms. The maximum atomic E-state index is 12.1. The van der Waals surface area contributed by atoms with Crippen molar-refractivity contribution in [2.24, 2.45) is 0 Å². The molecule has 0 aliphatic heterocycles. The quantitative estimate of drug-likeness (QED) is 0.747. The predicted octanol–water partition coefficient (Wildman–Crippen LogP) is 1.71. The molecule has 3 N–H and O–H groups in total. The highest BCUT2D eigenvalue weighted by atomic mass is 16.3. The molecule has 0 aromatic heterocycles. The van der Waals surface area contributed by atoms with Crippen molar-refractivity contribution in [3.63, 3.8) is 0 Å². The summed E-state index contributed by atoms with van der Waals surface area (Å²) in [6.07, 6.45) is 2.64. The van der Waals surface area contributed by atoms with E-state index < -0.39 is 5.54 Å². The topological polar surface area (TPSA) is 61.4 Å². The maximum absolute atomic E-state index is 12.1. The summed E-state index contributed by atoms with van der Waals surface area (Å²) in [5.41, 5.74) is 1.70. The van der Waals surface area contributed by atoms with Crippen LogP contribution in [0, 0.1) is 0 Å². The molecule has 0 spiro atoms. The lowest BCUT2D eigenvalue weighted by Gasteiger charge is -2.31. The molecule has 0 bridgehead atoms. The van der Waals surface area contributed by atoms with Crippen LogP contribution in [0.2, 0.25) is 0 Å². The predicted molar refractivity (Wildman–Crippen MR) is 84.0 cm³/mol. The van der Waals surface area contributed by atoms with Gasteiger partial charge in [0.15, 0.2) is 0 Å². The lowest BCUT2D eigenvalue weighted by molar-refractivity contribution is -0.122.